The van der Waals surface area contributed by atoms with E-state index in [1.54, 1.807) is 35.8 Å². The highest BCUT2D eigenvalue weighted by Gasteiger charge is 2.20. The number of hydrogen-bond acceptors (Lipinski definition) is 4. The molecule has 27 heavy (non-hydrogen) atoms. The van der Waals surface area contributed by atoms with E-state index in [9.17, 15) is 14.0 Å². The number of anilines is 1. The molecule has 1 atom stereocenters. The van der Waals surface area contributed by atoms with Crippen molar-refractivity contribution < 1.29 is 9.18 Å². The zero-order chi connectivity index (χ0) is 19.6. The van der Waals surface area contributed by atoms with Crippen LogP contribution < -0.4 is 10.9 Å². The predicted octanol–water partition coefficient (Wildman–Crippen LogP) is 4.24. The molecule has 0 spiro atoms. The van der Waals surface area contributed by atoms with Crippen molar-refractivity contribution in [1.82, 2.24) is 9.55 Å². The maximum atomic E-state index is 13.3. The minimum atomic E-state index is -0.522. The van der Waals surface area contributed by atoms with Gasteiger partial charge in [0.25, 0.3) is 5.56 Å². The summed E-state index contributed by atoms with van der Waals surface area (Å²) in [5, 5.41) is 3.20. The molecule has 1 N–H and O–H groups in total. The smallest absolute Gasteiger partial charge is 0.262 e. The second-order valence-electron chi connectivity index (χ2n) is 6.44. The third-order valence-electron chi connectivity index (χ3n) is 4.04. The van der Waals surface area contributed by atoms with Crippen molar-refractivity contribution in [2.24, 2.45) is 0 Å². The van der Waals surface area contributed by atoms with E-state index in [2.05, 4.69) is 10.3 Å². The Bertz CT molecular complexity index is 1050. The van der Waals surface area contributed by atoms with Crippen molar-refractivity contribution in [1.29, 1.82) is 0 Å². The molecule has 140 valence electrons. The Hall–Kier alpha value is -2.67. The van der Waals surface area contributed by atoms with Crippen molar-refractivity contribution in [3.8, 4) is 0 Å². The Morgan fingerprint density at radius 1 is 1.15 bits per heavy atom. The zero-order valence-electron chi connectivity index (χ0n) is 15.3. The van der Waals surface area contributed by atoms with Crippen LogP contribution in [0.15, 0.2) is 58.5 Å². The molecule has 0 aliphatic carbocycles. The molecule has 0 aliphatic rings. The van der Waals surface area contributed by atoms with Gasteiger partial charge in [-0.05, 0) is 51.1 Å². The number of nitrogens with zero attached hydrogens (tertiary/aromatic N) is 2. The molecule has 0 fully saturated rings. The van der Waals surface area contributed by atoms with E-state index in [0.29, 0.717) is 21.7 Å². The van der Waals surface area contributed by atoms with Gasteiger partial charge in [0.1, 0.15) is 5.82 Å². The van der Waals surface area contributed by atoms with Crippen molar-refractivity contribution in [2.75, 3.05) is 5.32 Å². The summed E-state index contributed by atoms with van der Waals surface area (Å²) in [6.45, 7) is 5.53. The van der Waals surface area contributed by atoms with E-state index >= 15 is 0 Å². The maximum Gasteiger partial charge on any atom is 0.262 e. The Kier molecular flexibility index (Phi) is 5.60. The number of halogens is 1. The maximum absolute atomic E-state index is 13.3. The van der Waals surface area contributed by atoms with Gasteiger partial charge >= 0.3 is 0 Å². The van der Waals surface area contributed by atoms with Crippen LogP contribution in [-0.4, -0.2) is 20.7 Å². The van der Waals surface area contributed by atoms with Crippen LogP contribution in [0.2, 0.25) is 0 Å². The van der Waals surface area contributed by atoms with E-state index in [4.69, 9.17) is 0 Å². The van der Waals surface area contributed by atoms with Gasteiger partial charge in [0, 0.05) is 11.7 Å². The number of fused-ring (bicyclic) bond motifs is 1. The first-order valence-corrected chi connectivity index (χ1v) is 9.49. The van der Waals surface area contributed by atoms with E-state index in [0.717, 1.165) is 0 Å². The highest BCUT2D eigenvalue weighted by molar-refractivity contribution is 8.00. The summed E-state index contributed by atoms with van der Waals surface area (Å²) in [5.74, 6) is -0.707. The number of carbonyl (C=O) groups is 1. The number of benzene rings is 2. The lowest BCUT2D eigenvalue weighted by molar-refractivity contribution is -0.115. The van der Waals surface area contributed by atoms with Gasteiger partial charge < -0.3 is 5.32 Å². The summed E-state index contributed by atoms with van der Waals surface area (Å²) in [6, 6.07) is 12.8. The topological polar surface area (TPSA) is 64.0 Å². The first-order valence-electron chi connectivity index (χ1n) is 8.61. The van der Waals surface area contributed by atoms with Gasteiger partial charge in [-0.1, -0.05) is 30.0 Å². The average Bonchev–Trinajstić information content (AvgIpc) is 2.61. The van der Waals surface area contributed by atoms with Gasteiger partial charge in [0.15, 0.2) is 5.16 Å². The van der Waals surface area contributed by atoms with Crippen LogP contribution in [0, 0.1) is 5.82 Å². The first-order chi connectivity index (χ1) is 12.9. The summed E-state index contributed by atoms with van der Waals surface area (Å²) in [5.41, 5.74) is 0.857. The molecule has 1 heterocycles. The van der Waals surface area contributed by atoms with E-state index in [-0.39, 0.29) is 17.5 Å². The molecule has 1 amide bonds. The van der Waals surface area contributed by atoms with Gasteiger partial charge in [-0.15, -0.1) is 0 Å². The van der Waals surface area contributed by atoms with Crippen molar-refractivity contribution in [2.45, 2.75) is 37.2 Å². The normalized spacial score (nSPS) is 12.3. The second kappa shape index (κ2) is 7.92. The number of thioether (sulfide) groups is 1. The van der Waals surface area contributed by atoms with E-state index < -0.39 is 11.1 Å². The fraction of sp³-hybridized carbons (Fsp3) is 0.250. The molecule has 1 aromatic heterocycles. The number of hydrogen-bond donors (Lipinski definition) is 1. The highest BCUT2D eigenvalue weighted by atomic mass is 32.2. The number of rotatable bonds is 5. The zero-order valence-corrected chi connectivity index (χ0v) is 16.1. The molecular formula is C20H20FN3O2S. The van der Waals surface area contributed by atoms with Gasteiger partial charge in [-0.25, -0.2) is 9.37 Å². The SMILES string of the molecule is CC(C)n1c(S[C@@H](C)C(=O)Nc2cccc(F)c2)nc2ccccc2c1=O. The van der Waals surface area contributed by atoms with Gasteiger partial charge in [-0.3, -0.25) is 14.2 Å². The summed E-state index contributed by atoms with van der Waals surface area (Å²) < 4.78 is 14.9. The molecule has 2 aromatic carbocycles. The quantitative estimate of drug-likeness (QED) is 0.527. The predicted molar refractivity (Wildman–Crippen MR) is 107 cm³/mol. The third-order valence-corrected chi connectivity index (χ3v) is 5.10. The lowest BCUT2D eigenvalue weighted by Gasteiger charge is -2.18. The van der Waals surface area contributed by atoms with E-state index in [1.165, 1.54) is 30.0 Å². The molecule has 0 radical (unpaired) electrons. The molecular weight excluding hydrogens is 365 g/mol. The van der Waals surface area contributed by atoms with Crippen LogP contribution >= 0.6 is 11.8 Å². The standard InChI is InChI=1S/C20H20FN3O2S/c1-12(2)24-19(26)16-9-4-5-10-17(16)23-20(24)27-13(3)18(25)22-15-8-6-7-14(21)11-15/h4-13H,1-3H3,(H,22,25)/t13-/m0/s1. The lowest BCUT2D eigenvalue weighted by Crippen LogP contribution is -2.28. The fourth-order valence-electron chi connectivity index (χ4n) is 2.69. The van der Waals surface area contributed by atoms with Gasteiger partial charge in [-0.2, -0.15) is 0 Å². The van der Waals surface area contributed by atoms with Crippen LogP contribution in [0.4, 0.5) is 10.1 Å². The largest absolute Gasteiger partial charge is 0.325 e. The van der Waals surface area contributed by atoms with Crippen molar-refractivity contribution in [3.63, 3.8) is 0 Å². The molecule has 0 saturated carbocycles. The number of aromatic nitrogens is 2. The summed E-state index contributed by atoms with van der Waals surface area (Å²) in [7, 11) is 0. The fourth-order valence-corrected chi connectivity index (χ4v) is 3.73. The number of nitrogens with one attached hydrogen (secondary N) is 1. The molecule has 3 aromatic rings. The summed E-state index contributed by atoms with van der Waals surface area (Å²) in [4.78, 5) is 29.9. The number of carbonyl (C=O) groups excluding carboxylic acids is 1. The van der Waals surface area contributed by atoms with Crippen LogP contribution in [-0.2, 0) is 4.79 Å². The molecule has 0 unspecified atom stereocenters. The molecule has 3 rings (SSSR count). The Morgan fingerprint density at radius 2 is 1.89 bits per heavy atom. The monoisotopic (exact) mass is 385 g/mol. The Morgan fingerprint density at radius 3 is 2.59 bits per heavy atom. The first kappa shape index (κ1) is 19.1. The average molecular weight is 385 g/mol. The summed E-state index contributed by atoms with van der Waals surface area (Å²) in [6.07, 6.45) is 0. The second-order valence-corrected chi connectivity index (χ2v) is 7.75. The van der Waals surface area contributed by atoms with Crippen molar-refractivity contribution >= 4 is 34.3 Å². The van der Waals surface area contributed by atoms with Crippen LogP contribution in [0.25, 0.3) is 10.9 Å². The molecule has 7 heteroatoms. The van der Waals surface area contributed by atoms with Crippen LogP contribution in [0.3, 0.4) is 0 Å². The summed E-state index contributed by atoms with van der Waals surface area (Å²) >= 11 is 1.21. The van der Waals surface area contributed by atoms with Gasteiger partial charge in [0.2, 0.25) is 5.91 Å². The highest BCUT2D eigenvalue weighted by Crippen LogP contribution is 2.25. The molecule has 0 saturated heterocycles. The Balaban J connectivity index is 1.89. The third kappa shape index (κ3) is 4.19. The Labute approximate surface area is 160 Å². The van der Waals surface area contributed by atoms with Crippen LogP contribution in [0.1, 0.15) is 26.8 Å². The molecule has 0 bridgehead atoms. The van der Waals surface area contributed by atoms with Crippen LogP contribution in [0.5, 0.6) is 0 Å². The molecule has 5 nitrogen and oxygen atoms in total. The van der Waals surface area contributed by atoms with E-state index in [1.807, 2.05) is 19.9 Å². The number of amides is 1. The molecule has 0 aliphatic heterocycles. The number of para-hydroxylation sites is 1. The van der Waals surface area contributed by atoms with Crippen molar-refractivity contribution in [3.05, 3.63) is 64.7 Å². The minimum absolute atomic E-state index is 0.101. The van der Waals surface area contributed by atoms with Gasteiger partial charge in [0.05, 0.1) is 16.2 Å². The minimum Gasteiger partial charge on any atom is -0.325 e. The lowest BCUT2D eigenvalue weighted by atomic mass is 10.2.